The lowest BCUT2D eigenvalue weighted by molar-refractivity contribution is -0.110. The molecule has 5 rings (SSSR count). The van der Waals surface area contributed by atoms with Gasteiger partial charge >= 0.3 is 0 Å². The molecule has 9 heteroatoms. The van der Waals surface area contributed by atoms with Crippen LogP contribution in [0.25, 0.3) is 11.3 Å². The molecular weight excluding hydrogens is 435 g/mol. The van der Waals surface area contributed by atoms with Crippen molar-refractivity contribution < 1.29 is 9.13 Å². The number of anilines is 3. The predicted molar refractivity (Wildman–Crippen MR) is 127 cm³/mol. The van der Waals surface area contributed by atoms with Crippen LogP contribution in [0.1, 0.15) is 30.5 Å². The largest absolute Gasteiger partial charge is 0.380 e. The fraction of sp³-hybridized carbons (Fsp3) is 0.360. The third kappa shape index (κ3) is 3.90. The van der Waals surface area contributed by atoms with Gasteiger partial charge in [0, 0.05) is 35.5 Å². The molecule has 174 valence electrons. The standard InChI is InChI=1S/C25H25FN6O2/c1-15-6-20(22(33)32(10-15)12-24(2)13-34-14-24)31-23-28-5-4-19(30-23)16-7-17(9-27)21-18(8-16)25(3,26)11-29-21/h4-8,10,29H,11-14H2,1-3H3,(H,28,30,31)/t25-/m0/s1. The average molecular weight is 461 g/mol. The Morgan fingerprint density at radius 1 is 1.32 bits per heavy atom. The molecule has 2 aliphatic heterocycles. The molecule has 0 amide bonds. The third-order valence-electron chi connectivity index (χ3n) is 6.29. The first kappa shape index (κ1) is 22.0. The monoisotopic (exact) mass is 460 g/mol. The van der Waals surface area contributed by atoms with Crippen molar-refractivity contribution in [1.82, 2.24) is 14.5 Å². The molecule has 0 spiro atoms. The molecule has 3 aromatic rings. The Labute approximate surface area is 196 Å². The van der Waals surface area contributed by atoms with E-state index in [1.807, 2.05) is 13.1 Å². The number of hydrogen-bond acceptors (Lipinski definition) is 7. The molecule has 1 aromatic carbocycles. The number of nitrogens with one attached hydrogen (secondary N) is 2. The third-order valence-corrected chi connectivity index (χ3v) is 6.29. The number of aromatic nitrogens is 3. The SMILES string of the molecule is Cc1cc(Nc2nccc(-c3cc(C#N)c4c(c3)[C@@](C)(F)CN4)n2)c(=O)n(CC2(C)COC2)c1. The molecule has 34 heavy (non-hydrogen) atoms. The van der Waals surface area contributed by atoms with Crippen molar-refractivity contribution in [2.45, 2.75) is 33.0 Å². The van der Waals surface area contributed by atoms with E-state index >= 15 is 0 Å². The van der Waals surface area contributed by atoms with Gasteiger partial charge in [0.2, 0.25) is 5.95 Å². The fourth-order valence-electron chi connectivity index (χ4n) is 4.48. The van der Waals surface area contributed by atoms with Gasteiger partial charge in [-0.25, -0.2) is 14.4 Å². The molecule has 0 aliphatic carbocycles. The van der Waals surface area contributed by atoms with Crippen LogP contribution in [0.15, 0.2) is 41.5 Å². The van der Waals surface area contributed by atoms with Crippen molar-refractivity contribution in [3.8, 4) is 17.3 Å². The van der Waals surface area contributed by atoms with Crippen LogP contribution in [-0.2, 0) is 17.0 Å². The van der Waals surface area contributed by atoms with Gasteiger partial charge < -0.3 is 19.9 Å². The Hall–Kier alpha value is -3.77. The lowest BCUT2D eigenvalue weighted by Crippen LogP contribution is -2.45. The van der Waals surface area contributed by atoms with Crippen LogP contribution >= 0.6 is 0 Å². The summed E-state index contributed by atoms with van der Waals surface area (Å²) in [6.07, 6.45) is 3.40. The Morgan fingerprint density at radius 2 is 2.12 bits per heavy atom. The molecule has 8 nitrogen and oxygen atoms in total. The Bertz CT molecular complexity index is 1390. The Kier molecular flexibility index (Phi) is 5.14. The molecule has 0 saturated carbocycles. The number of benzene rings is 1. The lowest BCUT2D eigenvalue weighted by atomic mass is 9.88. The number of alkyl halides is 1. The molecular formula is C25H25FN6O2. The topological polar surface area (TPSA) is 105 Å². The van der Waals surface area contributed by atoms with E-state index in [2.05, 4.69) is 33.6 Å². The molecule has 2 aromatic heterocycles. The smallest absolute Gasteiger partial charge is 0.274 e. The van der Waals surface area contributed by atoms with E-state index in [4.69, 9.17) is 4.74 Å². The minimum absolute atomic E-state index is 0.0584. The summed E-state index contributed by atoms with van der Waals surface area (Å²) >= 11 is 0. The van der Waals surface area contributed by atoms with Gasteiger partial charge in [0.15, 0.2) is 5.67 Å². The van der Waals surface area contributed by atoms with Gasteiger partial charge in [-0.15, -0.1) is 0 Å². The summed E-state index contributed by atoms with van der Waals surface area (Å²) in [7, 11) is 0. The Morgan fingerprint density at radius 3 is 2.82 bits per heavy atom. The maximum Gasteiger partial charge on any atom is 0.274 e. The van der Waals surface area contributed by atoms with Crippen molar-refractivity contribution in [1.29, 1.82) is 5.26 Å². The average Bonchev–Trinajstić information content (AvgIpc) is 3.10. The number of aryl methyl sites for hydroxylation is 1. The lowest BCUT2D eigenvalue weighted by Gasteiger charge is -2.38. The first-order chi connectivity index (χ1) is 16.2. The van der Waals surface area contributed by atoms with Crippen molar-refractivity contribution in [2.75, 3.05) is 30.4 Å². The van der Waals surface area contributed by atoms with Crippen LogP contribution in [0.4, 0.5) is 21.7 Å². The number of ether oxygens (including phenoxy) is 1. The highest BCUT2D eigenvalue weighted by atomic mass is 19.1. The summed E-state index contributed by atoms with van der Waals surface area (Å²) in [6, 6.07) is 8.98. The zero-order valence-corrected chi connectivity index (χ0v) is 19.3. The van der Waals surface area contributed by atoms with E-state index in [1.165, 1.54) is 6.92 Å². The van der Waals surface area contributed by atoms with E-state index in [9.17, 15) is 14.4 Å². The van der Waals surface area contributed by atoms with Crippen LogP contribution in [0.3, 0.4) is 0 Å². The summed E-state index contributed by atoms with van der Waals surface area (Å²) in [5, 5.41) is 15.6. The number of rotatable bonds is 5. The summed E-state index contributed by atoms with van der Waals surface area (Å²) in [5.41, 5.74) is 1.92. The molecule has 1 atom stereocenters. The first-order valence-corrected chi connectivity index (χ1v) is 11.1. The highest BCUT2D eigenvalue weighted by Crippen LogP contribution is 2.42. The molecule has 2 N–H and O–H groups in total. The van der Waals surface area contributed by atoms with Gasteiger partial charge in [-0.05, 0) is 43.7 Å². The van der Waals surface area contributed by atoms with Crippen molar-refractivity contribution in [3.05, 3.63) is 63.7 Å². The van der Waals surface area contributed by atoms with Crippen LogP contribution in [0, 0.1) is 23.7 Å². The van der Waals surface area contributed by atoms with Gasteiger partial charge in [-0.2, -0.15) is 5.26 Å². The van der Waals surface area contributed by atoms with Crippen molar-refractivity contribution in [2.24, 2.45) is 5.41 Å². The highest BCUT2D eigenvalue weighted by Gasteiger charge is 2.36. The van der Waals surface area contributed by atoms with Gasteiger partial charge in [-0.3, -0.25) is 4.79 Å². The van der Waals surface area contributed by atoms with Crippen molar-refractivity contribution >= 4 is 17.3 Å². The highest BCUT2D eigenvalue weighted by molar-refractivity contribution is 5.76. The van der Waals surface area contributed by atoms with Gasteiger partial charge in [0.05, 0.1) is 36.7 Å². The minimum atomic E-state index is -1.58. The Balaban J connectivity index is 1.48. The number of nitrogens with zero attached hydrogens (tertiary/aromatic N) is 4. The van der Waals surface area contributed by atoms with E-state index < -0.39 is 5.67 Å². The van der Waals surface area contributed by atoms with E-state index in [0.29, 0.717) is 53.5 Å². The molecule has 0 unspecified atom stereocenters. The number of nitriles is 1. The second-order valence-corrected chi connectivity index (χ2v) is 9.67. The number of pyridine rings is 1. The second-order valence-electron chi connectivity index (χ2n) is 9.67. The molecule has 2 aliphatic rings. The molecule has 1 fully saturated rings. The first-order valence-electron chi connectivity index (χ1n) is 11.1. The van der Waals surface area contributed by atoms with E-state index in [1.54, 1.807) is 35.0 Å². The second kappa shape index (κ2) is 7.92. The maximum absolute atomic E-state index is 15.0. The normalized spacial score (nSPS) is 20.1. The molecule has 0 bridgehead atoms. The number of hydrogen-bond donors (Lipinski definition) is 2. The summed E-state index contributed by atoms with van der Waals surface area (Å²) in [6.45, 7) is 7.43. The van der Waals surface area contributed by atoms with E-state index in [0.717, 1.165) is 5.56 Å². The van der Waals surface area contributed by atoms with Crippen molar-refractivity contribution in [3.63, 3.8) is 0 Å². The fourth-order valence-corrected chi connectivity index (χ4v) is 4.48. The molecule has 4 heterocycles. The quantitative estimate of drug-likeness (QED) is 0.595. The summed E-state index contributed by atoms with van der Waals surface area (Å²) < 4.78 is 22.0. The van der Waals surface area contributed by atoms with Crippen LogP contribution in [0.2, 0.25) is 0 Å². The van der Waals surface area contributed by atoms with Crippen LogP contribution < -0.4 is 16.2 Å². The zero-order chi connectivity index (χ0) is 24.1. The van der Waals surface area contributed by atoms with Crippen LogP contribution in [0.5, 0.6) is 0 Å². The molecule has 1 saturated heterocycles. The van der Waals surface area contributed by atoms with E-state index in [-0.39, 0.29) is 23.5 Å². The molecule has 0 radical (unpaired) electrons. The summed E-state index contributed by atoms with van der Waals surface area (Å²) in [5.74, 6) is 0.241. The minimum Gasteiger partial charge on any atom is -0.380 e. The summed E-state index contributed by atoms with van der Waals surface area (Å²) in [4.78, 5) is 21.9. The van der Waals surface area contributed by atoms with Gasteiger partial charge in [0.1, 0.15) is 11.8 Å². The maximum atomic E-state index is 15.0. The van der Waals surface area contributed by atoms with Gasteiger partial charge in [-0.1, -0.05) is 6.92 Å². The number of fused-ring (bicyclic) bond motifs is 1. The van der Waals surface area contributed by atoms with Crippen LogP contribution in [-0.4, -0.2) is 34.3 Å². The number of halogens is 1. The zero-order valence-electron chi connectivity index (χ0n) is 19.3. The predicted octanol–water partition coefficient (Wildman–Crippen LogP) is 3.88. The van der Waals surface area contributed by atoms with Gasteiger partial charge in [0.25, 0.3) is 5.56 Å².